The van der Waals surface area contributed by atoms with Gasteiger partial charge in [0.15, 0.2) is 0 Å². The van der Waals surface area contributed by atoms with E-state index in [0.29, 0.717) is 12.8 Å². The summed E-state index contributed by atoms with van der Waals surface area (Å²) in [4.78, 5) is 12.0. The van der Waals surface area contributed by atoms with Crippen molar-refractivity contribution in [3.63, 3.8) is 0 Å². The fourth-order valence-electron chi connectivity index (χ4n) is 5.25. The van der Waals surface area contributed by atoms with Gasteiger partial charge in [0, 0.05) is 0 Å². The van der Waals surface area contributed by atoms with Crippen LogP contribution in [0.3, 0.4) is 0 Å². The second-order valence-electron chi connectivity index (χ2n) is 8.72. The highest BCUT2D eigenvalue weighted by Gasteiger charge is 2.57. The molecule has 0 spiro atoms. The van der Waals surface area contributed by atoms with Gasteiger partial charge in [-0.3, -0.25) is 4.79 Å². The summed E-state index contributed by atoms with van der Waals surface area (Å²) in [5, 5.41) is 30.5. The Morgan fingerprint density at radius 1 is 1.25 bits per heavy atom. The highest BCUT2D eigenvalue weighted by atomic mass is 16.4. The second kappa shape index (κ2) is 5.30. The van der Waals surface area contributed by atoms with Gasteiger partial charge in [-0.25, -0.2) is 0 Å². The van der Waals surface area contributed by atoms with E-state index < -0.39 is 23.1 Å². The Bertz CT molecular complexity index is 675. The zero-order valence-electron chi connectivity index (χ0n) is 15.0. The summed E-state index contributed by atoms with van der Waals surface area (Å²) >= 11 is 0. The van der Waals surface area contributed by atoms with Gasteiger partial charge in [0.2, 0.25) is 0 Å². The van der Waals surface area contributed by atoms with E-state index in [1.54, 1.807) is 20.8 Å². The lowest BCUT2D eigenvalue weighted by molar-refractivity contribution is -0.162. The molecule has 1 fully saturated rings. The van der Waals surface area contributed by atoms with E-state index in [1.807, 2.05) is 12.1 Å². The Balaban J connectivity index is 2.11. The quantitative estimate of drug-likeness (QED) is 0.778. The zero-order valence-corrected chi connectivity index (χ0v) is 15.0. The standard InChI is InChI=1S/C20H28O4/c1-18(2,24)13-6-7-15-12(9-13)5-8-16-19(15,3)10-14(21)11-20(16,4)17(22)23/h6-7,9,14,16,21,24H,5,8,10-11H2,1-4H3,(H,22,23)/t14-,16-,19+,20+/m0/s1. The summed E-state index contributed by atoms with van der Waals surface area (Å²) in [6.07, 6.45) is 1.93. The highest BCUT2D eigenvalue weighted by Crippen LogP contribution is 2.57. The number of carbonyl (C=O) groups is 1. The summed E-state index contributed by atoms with van der Waals surface area (Å²) in [7, 11) is 0. The van der Waals surface area contributed by atoms with Gasteiger partial charge >= 0.3 is 5.97 Å². The number of hydrogen-bond acceptors (Lipinski definition) is 3. The average molecular weight is 332 g/mol. The third-order valence-corrected chi connectivity index (χ3v) is 6.48. The molecule has 2 aliphatic rings. The predicted molar refractivity (Wildman–Crippen MR) is 91.8 cm³/mol. The van der Waals surface area contributed by atoms with E-state index in [2.05, 4.69) is 13.0 Å². The van der Waals surface area contributed by atoms with Crippen LogP contribution in [0.15, 0.2) is 18.2 Å². The minimum absolute atomic E-state index is 0.00591. The molecule has 0 amide bonds. The topological polar surface area (TPSA) is 77.8 Å². The maximum Gasteiger partial charge on any atom is 0.309 e. The molecule has 132 valence electrons. The first-order chi connectivity index (χ1) is 11.0. The number of aliphatic hydroxyl groups excluding tert-OH is 1. The van der Waals surface area contributed by atoms with Gasteiger partial charge in [0.1, 0.15) is 0 Å². The number of hydrogen-bond donors (Lipinski definition) is 3. The van der Waals surface area contributed by atoms with Gasteiger partial charge in [-0.05, 0) is 74.5 Å². The minimum Gasteiger partial charge on any atom is -0.481 e. The van der Waals surface area contributed by atoms with Gasteiger partial charge in [-0.2, -0.15) is 0 Å². The van der Waals surface area contributed by atoms with Crippen LogP contribution in [0.25, 0.3) is 0 Å². The van der Waals surface area contributed by atoms with E-state index in [-0.39, 0.29) is 11.3 Å². The molecule has 0 unspecified atom stereocenters. The van der Waals surface area contributed by atoms with Gasteiger partial charge in [-0.1, -0.05) is 25.1 Å². The molecule has 0 heterocycles. The normalized spacial score (nSPS) is 35.9. The van der Waals surface area contributed by atoms with E-state index in [9.17, 15) is 20.1 Å². The third-order valence-electron chi connectivity index (χ3n) is 6.48. The molecule has 1 saturated carbocycles. The molecule has 1 aromatic rings. The van der Waals surface area contributed by atoms with Crippen LogP contribution in [0, 0.1) is 11.3 Å². The van der Waals surface area contributed by atoms with E-state index in [4.69, 9.17) is 0 Å². The van der Waals surface area contributed by atoms with Crippen LogP contribution in [-0.4, -0.2) is 27.4 Å². The molecule has 0 aromatic heterocycles. The lowest BCUT2D eigenvalue weighted by atomic mass is 9.49. The Kier molecular flexibility index (Phi) is 3.85. The van der Waals surface area contributed by atoms with Crippen molar-refractivity contribution >= 4 is 5.97 Å². The average Bonchev–Trinajstić information content (AvgIpc) is 2.44. The number of benzene rings is 1. The smallest absolute Gasteiger partial charge is 0.309 e. The molecule has 3 rings (SSSR count). The summed E-state index contributed by atoms with van der Waals surface area (Å²) in [6, 6.07) is 6.02. The van der Waals surface area contributed by atoms with Crippen molar-refractivity contribution in [2.24, 2.45) is 11.3 Å². The molecular weight excluding hydrogens is 304 g/mol. The largest absolute Gasteiger partial charge is 0.481 e. The first kappa shape index (κ1) is 17.4. The molecule has 2 aliphatic carbocycles. The fraction of sp³-hybridized carbons (Fsp3) is 0.650. The first-order valence-corrected chi connectivity index (χ1v) is 8.76. The molecule has 3 N–H and O–H groups in total. The Labute approximate surface area is 143 Å². The molecule has 4 atom stereocenters. The molecule has 4 heteroatoms. The lowest BCUT2D eigenvalue weighted by Crippen LogP contribution is -2.56. The number of carboxylic acids is 1. The molecule has 1 aromatic carbocycles. The van der Waals surface area contributed by atoms with Crippen LogP contribution < -0.4 is 0 Å². The van der Waals surface area contributed by atoms with E-state index in [1.165, 1.54) is 5.56 Å². The van der Waals surface area contributed by atoms with Crippen LogP contribution in [0.5, 0.6) is 0 Å². The minimum atomic E-state index is -0.904. The van der Waals surface area contributed by atoms with Gasteiger partial charge < -0.3 is 15.3 Å². The van der Waals surface area contributed by atoms with Crippen LogP contribution in [-0.2, 0) is 22.2 Å². The fourth-order valence-corrected chi connectivity index (χ4v) is 5.25. The van der Waals surface area contributed by atoms with Crippen molar-refractivity contribution in [1.29, 1.82) is 0 Å². The van der Waals surface area contributed by atoms with Crippen molar-refractivity contribution in [2.45, 2.75) is 70.5 Å². The van der Waals surface area contributed by atoms with Gasteiger partial charge in [0.05, 0.1) is 17.1 Å². The number of rotatable bonds is 2. The molecule has 0 aliphatic heterocycles. The third kappa shape index (κ3) is 2.47. The van der Waals surface area contributed by atoms with Crippen molar-refractivity contribution in [3.05, 3.63) is 34.9 Å². The van der Waals surface area contributed by atoms with Crippen molar-refractivity contribution in [2.75, 3.05) is 0 Å². The molecule has 0 saturated heterocycles. The van der Waals surface area contributed by atoms with Gasteiger partial charge in [0.25, 0.3) is 0 Å². The summed E-state index contributed by atoms with van der Waals surface area (Å²) in [5.74, 6) is -0.805. The SMILES string of the molecule is CC(C)(O)c1ccc2c(c1)CC[C@@H]1[C@](C)(C(=O)O)C[C@@H](O)C[C@]21C. The zero-order chi connectivity index (χ0) is 17.9. The lowest BCUT2D eigenvalue weighted by Gasteiger charge is -2.55. The Morgan fingerprint density at radius 3 is 2.50 bits per heavy atom. The Hall–Kier alpha value is -1.39. The van der Waals surface area contributed by atoms with Gasteiger partial charge in [-0.15, -0.1) is 0 Å². The molecular formula is C20H28O4. The summed E-state index contributed by atoms with van der Waals surface area (Å²) < 4.78 is 0. The first-order valence-electron chi connectivity index (χ1n) is 8.76. The monoisotopic (exact) mass is 332 g/mol. The number of fused-ring (bicyclic) bond motifs is 3. The number of aliphatic carboxylic acids is 1. The van der Waals surface area contributed by atoms with Crippen LogP contribution >= 0.6 is 0 Å². The van der Waals surface area contributed by atoms with Crippen LogP contribution in [0.2, 0.25) is 0 Å². The number of aliphatic hydroxyl groups is 2. The summed E-state index contributed by atoms with van der Waals surface area (Å²) in [5.41, 5.74) is 1.04. The maximum absolute atomic E-state index is 12.0. The van der Waals surface area contributed by atoms with Crippen LogP contribution in [0.1, 0.15) is 63.6 Å². The van der Waals surface area contributed by atoms with Crippen molar-refractivity contribution in [1.82, 2.24) is 0 Å². The maximum atomic E-state index is 12.0. The molecule has 4 nitrogen and oxygen atoms in total. The van der Waals surface area contributed by atoms with E-state index in [0.717, 1.165) is 24.0 Å². The highest BCUT2D eigenvalue weighted by molar-refractivity contribution is 5.75. The molecule has 0 radical (unpaired) electrons. The van der Waals surface area contributed by atoms with Crippen molar-refractivity contribution < 1.29 is 20.1 Å². The number of aryl methyl sites for hydroxylation is 1. The summed E-state index contributed by atoms with van der Waals surface area (Å²) in [6.45, 7) is 7.43. The Morgan fingerprint density at radius 2 is 1.92 bits per heavy atom. The molecule has 24 heavy (non-hydrogen) atoms. The van der Waals surface area contributed by atoms with E-state index >= 15 is 0 Å². The molecule has 0 bridgehead atoms. The van der Waals surface area contributed by atoms with Crippen LogP contribution in [0.4, 0.5) is 0 Å². The van der Waals surface area contributed by atoms with Crippen molar-refractivity contribution in [3.8, 4) is 0 Å². The second-order valence-corrected chi connectivity index (χ2v) is 8.72. The predicted octanol–water partition coefficient (Wildman–Crippen LogP) is 2.98. The number of carboxylic acid groups (broad SMARTS) is 1.